The lowest BCUT2D eigenvalue weighted by Gasteiger charge is -2.06. The van der Waals surface area contributed by atoms with Crippen LogP contribution in [0.1, 0.15) is 23.9 Å². The number of hydrogen-bond donors (Lipinski definition) is 1. The van der Waals surface area contributed by atoms with E-state index >= 15 is 0 Å². The van der Waals surface area contributed by atoms with Crippen molar-refractivity contribution in [3.63, 3.8) is 0 Å². The molecule has 0 unspecified atom stereocenters. The molecule has 1 heterocycles. The Morgan fingerprint density at radius 2 is 2.16 bits per heavy atom. The van der Waals surface area contributed by atoms with Crippen LogP contribution in [-0.2, 0) is 18.8 Å². The van der Waals surface area contributed by atoms with Crippen LogP contribution in [0.2, 0.25) is 0 Å². The maximum atomic E-state index is 4.48. The predicted molar refractivity (Wildman–Crippen MR) is 81.4 cm³/mol. The molecule has 2 rings (SSSR count). The molecule has 2 aromatic rings. The van der Waals surface area contributed by atoms with Crippen LogP contribution in [0, 0.1) is 6.92 Å². The van der Waals surface area contributed by atoms with Crippen molar-refractivity contribution in [1.82, 2.24) is 15.1 Å². The summed E-state index contributed by atoms with van der Waals surface area (Å²) in [4.78, 5) is 1.31. The van der Waals surface area contributed by atoms with Crippen molar-refractivity contribution < 1.29 is 0 Å². The third kappa shape index (κ3) is 3.85. The molecular formula is C15H21N3S. The minimum absolute atomic E-state index is 0.917. The third-order valence-corrected chi connectivity index (χ3v) is 3.98. The number of thioether (sulfide) groups is 1. The third-order valence-electron chi connectivity index (χ3n) is 2.95. The summed E-state index contributed by atoms with van der Waals surface area (Å²) in [6, 6.07) is 10.9. The summed E-state index contributed by atoms with van der Waals surface area (Å²) in [6.45, 7) is 6.03. The second kappa shape index (κ2) is 6.78. The quantitative estimate of drug-likeness (QED) is 0.821. The molecule has 0 radical (unpaired) electrons. The summed E-state index contributed by atoms with van der Waals surface area (Å²) in [7, 11) is 1.97. The number of aryl methyl sites for hydroxylation is 2. The number of hydrogen-bond acceptors (Lipinski definition) is 3. The van der Waals surface area contributed by atoms with Gasteiger partial charge in [-0.1, -0.05) is 12.1 Å². The lowest BCUT2D eigenvalue weighted by molar-refractivity contribution is 0.632. The van der Waals surface area contributed by atoms with Crippen molar-refractivity contribution in [2.45, 2.75) is 37.6 Å². The number of aromatic nitrogens is 2. The fourth-order valence-corrected chi connectivity index (χ4v) is 3.05. The SMILES string of the molecule is CCn1nc(C)cc1CSc1cccc(CNC)c1. The van der Waals surface area contributed by atoms with Gasteiger partial charge in [0.1, 0.15) is 0 Å². The Morgan fingerprint density at radius 3 is 2.89 bits per heavy atom. The Hall–Kier alpha value is -1.26. The standard InChI is InChI=1S/C15H21N3S/c1-4-18-14(8-12(2)17-18)11-19-15-7-5-6-13(9-15)10-16-3/h5-9,16H,4,10-11H2,1-3H3. The van der Waals surface area contributed by atoms with Crippen LogP contribution in [0.15, 0.2) is 35.2 Å². The van der Waals surface area contributed by atoms with E-state index < -0.39 is 0 Å². The zero-order valence-corrected chi connectivity index (χ0v) is 12.6. The van der Waals surface area contributed by atoms with Gasteiger partial charge in [-0.05, 0) is 44.7 Å². The maximum Gasteiger partial charge on any atom is 0.0596 e. The maximum absolute atomic E-state index is 4.48. The van der Waals surface area contributed by atoms with Crippen LogP contribution in [0.3, 0.4) is 0 Å². The summed E-state index contributed by atoms with van der Waals surface area (Å²) in [5.41, 5.74) is 3.72. The van der Waals surface area contributed by atoms with E-state index in [1.165, 1.54) is 16.2 Å². The van der Waals surface area contributed by atoms with E-state index in [2.05, 4.69) is 52.4 Å². The second-order valence-electron chi connectivity index (χ2n) is 4.56. The monoisotopic (exact) mass is 275 g/mol. The van der Waals surface area contributed by atoms with E-state index in [-0.39, 0.29) is 0 Å². The fourth-order valence-electron chi connectivity index (χ4n) is 2.10. The van der Waals surface area contributed by atoms with E-state index in [0.29, 0.717) is 0 Å². The van der Waals surface area contributed by atoms with Gasteiger partial charge in [-0.2, -0.15) is 5.10 Å². The molecule has 0 amide bonds. The van der Waals surface area contributed by atoms with Gasteiger partial charge in [0, 0.05) is 29.4 Å². The summed E-state index contributed by atoms with van der Waals surface area (Å²) < 4.78 is 2.08. The van der Waals surface area contributed by atoms with Gasteiger partial charge in [0.2, 0.25) is 0 Å². The van der Waals surface area contributed by atoms with E-state index in [4.69, 9.17) is 0 Å². The normalized spacial score (nSPS) is 10.9. The number of nitrogens with zero attached hydrogens (tertiary/aromatic N) is 2. The van der Waals surface area contributed by atoms with Gasteiger partial charge in [0.25, 0.3) is 0 Å². The van der Waals surface area contributed by atoms with Crippen molar-refractivity contribution in [2.75, 3.05) is 7.05 Å². The first-order chi connectivity index (χ1) is 9.22. The highest BCUT2D eigenvalue weighted by Gasteiger charge is 2.05. The highest BCUT2D eigenvalue weighted by Crippen LogP contribution is 2.24. The van der Waals surface area contributed by atoms with Gasteiger partial charge in [0.05, 0.1) is 5.69 Å². The van der Waals surface area contributed by atoms with Crippen LogP contribution >= 0.6 is 11.8 Å². The van der Waals surface area contributed by atoms with Crippen molar-refractivity contribution >= 4 is 11.8 Å². The van der Waals surface area contributed by atoms with Crippen LogP contribution in [-0.4, -0.2) is 16.8 Å². The van der Waals surface area contributed by atoms with Crippen molar-refractivity contribution in [1.29, 1.82) is 0 Å². The topological polar surface area (TPSA) is 29.9 Å². The summed E-state index contributed by atoms with van der Waals surface area (Å²) in [5.74, 6) is 0.970. The van der Waals surface area contributed by atoms with Crippen LogP contribution in [0.5, 0.6) is 0 Å². The highest BCUT2D eigenvalue weighted by atomic mass is 32.2. The molecular weight excluding hydrogens is 254 g/mol. The summed E-state index contributed by atoms with van der Waals surface area (Å²) >= 11 is 1.87. The van der Waals surface area contributed by atoms with Gasteiger partial charge in [-0.3, -0.25) is 4.68 Å². The zero-order chi connectivity index (χ0) is 13.7. The van der Waals surface area contributed by atoms with Crippen LogP contribution < -0.4 is 5.32 Å². The Kier molecular flexibility index (Phi) is 5.05. The molecule has 0 saturated heterocycles. The molecule has 3 nitrogen and oxygen atoms in total. The molecule has 19 heavy (non-hydrogen) atoms. The Morgan fingerprint density at radius 1 is 1.32 bits per heavy atom. The molecule has 0 bridgehead atoms. The van der Waals surface area contributed by atoms with E-state index in [0.717, 1.165) is 24.5 Å². The number of benzene rings is 1. The van der Waals surface area contributed by atoms with E-state index in [1.807, 2.05) is 25.7 Å². The lowest BCUT2D eigenvalue weighted by atomic mass is 10.2. The first-order valence-electron chi connectivity index (χ1n) is 6.62. The molecule has 4 heteroatoms. The smallest absolute Gasteiger partial charge is 0.0596 e. The van der Waals surface area contributed by atoms with Crippen LogP contribution in [0.4, 0.5) is 0 Å². The molecule has 0 atom stereocenters. The first kappa shape index (κ1) is 14.2. The van der Waals surface area contributed by atoms with Crippen LogP contribution in [0.25, 0.3) is 0 Å². The fraction of sp³-hybridized carbons (Fsp3) is 0.400. The Labute approximate surface area is 119 Å². The van der Waals surface area contributed by atoms with Crippen molar-refractivity contribution in [2.24, 2.45) is 0 Å². The predicted octanol–water partition coefficient (Wildman–Crippen LogP) is 3.22. The lowest BCUT2D eigenvalue weighted by Crippen LogP contribution is -2.04. The number of nitrogens with one attached hydrogen (secondary N) is 1. The molecule has 102 valence electrons. The average Bonchev–Trinajstić information content (AvgIpc) is 2.78. The molecule has 1 aromatic heterocycles. The summed E-state index contributed by atoms with van der Waals surface area (Å²) in [6.07, 6.45) is 0. The summed E-state index contributed by atoms with van der Waals surface area (Å²) in [5, 5.41) is 7.66. The zero-order valence-electron chi connectivity index (χ0n) is 11.8. The molecule has 0 aliphatic heterocycles. The van der Waals surface area contributed by atoms with Gasteiger partial charge in [0.15, 0.2) is 0 Å². The molecule has 0 aliphatic rings. The minimum atomic E-state index is 0.917. The van der Waals surface area contributed by atoms with Crippen molar-refractivity contribution in [3.05, 3.63) is 47.3 Å². The Bertz CT molecular complexity index is 534. The molecule has 0 fully saturated rings. The molecule has 0 saturated carbocycles. The first-order valence-corrected chi connectivity index (χ1v) is 7.61. The molecule has 0 aliphatic carbocycles. The second-order valence-corrected chi connectivity index (χ2v) is 5.61. The van der Waals surface area contributed by atoms with E-state index in [9.17, 15) is 0 Å². The number of rotatable bonds is 6. The Balaban J connectivity index is 2.03. The molecule has 1 N–H and O–H groups in total. The van der Waals surface area contributed by atoms with Crippen molar-refractivity contribution in [3.8, 4) is 0 Å². The largest absolute Gasteiger partial charge is 0.316 e. The minimum Gasteiger partial charge on any atom is -0.316 e. The van der Waals surface area contributed by atoms with Gasteiger partial charge in [-0.25, -0.2) is 0 Å². The highest BCUT2D eigenvalue weighted by molar-refractivity contribution is 7.98. The van der Waals surface area contributed by atoms with E-state index in [1.54, 1.807) is 0 Å². The molecule has 0 spiro atoms. The van der Waals surface area contributed by atoms with Gasteiger partial charge >= 0.3 is 0 Å². The van der Waals surface area contributed by atoms with Gasteiger partial charge < -0.3 is 5.32 Å². The van der Waals surface area contributed by atoms with Gasteiger partial charge in [-0.15, -0.1) is 11.8 Å². The molecule has 1 aromatic carbocycles. The average molecular weight is 275 g/mol.